The summed E-state index contributed by atoms with van der Waals surface area (Å²) < 4.78 is 0. The van der Waals surface area contributed by atoms with Crippen LogP contribution >= 0.6 is 11.6 Å². The van der Waals surface area contributed by atoms with Crippen LogP contribution in [0.4, 0.5) is 0 Å². The molecule has 0 aromatic heterocycles. The van der Waals surface area contributed by atoms with Crippen molar-refractivity contribution in [2.75, 3.05) is 0 Å². The van der Waals surface area contributed by atoms with Crippen LogP contribution in [0.3, 0.4) is 0 Å². The summed E-state index contributed by atoms with van der Waals surface area (Å²) in [6, 6.07) is 4.49. The second-order valence-corrected chi connectivity index (χ2v) is 5.03. The second kappa shape index (κ2) is 6.12. The number of aryl methyl sites for hydroxylation is 3. The Morgan fingerprint density at radius 3 is 2.53 bits per heavy atom. The van der Waals surface area contributed by atoms with Crippen LogP contribution in [-0.2, 0) is 19.3 Å². The number of benzene rings is 1. The molecule has 0 bridgehead atoms. The number of hydrogen-bond donors (Lipinski definition) is 0. The molecule has 17 heavy (non-hydrogen) atoms. The van der Waals surface area contributed by atoms with Crippen molar-refractivity contribution in [1.29, 1.82) is 0 Å². The van der Waals surface area contributed by atoms with Crippen molar-refractivity contribution in [3.05, 3.63) is 33.8 Å². The molecule has 1 aromatic rings. The summed E-state index contributed by atoms with van der Waals surface area (Å²) in [4.78, 5) is 0. The molecule has 0 aliphatic heterocycles. The normalized spacial score (nSPS) is 13.8. The van der Waals surface area contributed by atoms with E-state index in [1.165, 1.54) is 42.4 Å². The van der Waals surface area contributed by atoms with Gasteiger partial charge in [0.2, 0.25) is 0 Å². The molecule has 2 rings (SSSR count). The van der Waals surface area contributed by atoms with Gasteiger partial charge in [0.1, 0.15) is 0 Å². The Morgan fingerprint density at radius 1 is 1.12 bits per heavy atom. The lowest BCUT2D eigenvalue weighted by Crippen LogP contribution is -2.04. The molecule has 1 aliphatic carbocycles. The zero-order chi connectivity index (χ0) is 12.1. The topological polar surface area (TPSA) is 0 Å². The quantitative estimate of drug-likeness (QED) is 0.671. The molecule has 0 saturated heterocycles. The molecule has 0 unspecified atom stereocenters. The highest BCUT2D eigenvalue weighted by atomic mass is 35.5. The van der Waals surface area contributed by atoms with Crippen molar-refractivity contribution in [1.82, 2.24) is 0 Å². The van der Waals surface area contributed by atoms with E-state index in [1.807, 2.05) is 0 Å². The predicted octanol–water partition coefficient (Wildman–Crippen LogP) is 4.56. The summed E-state index contributed by atoms with van der Waals surface area (Å²) >= 11 is 6.33. The molecule has 1 aromatic carbocycles. The molecular weight excluding hydrogens is 228 g/mol. The van der Waals surface area contributed by atoms with Crippen LogP contribution in [0, 0.1) is 11.8 Å². The van der Waals surface area contributed by atoms with Crippen LogP contribution in [0.1, 0.15) is 49.3 Å². The molecule has 0 spiro atoms. The monoisotopic (exact) mass is 246 g/mol. The minimum Gasteiger partial charge on any atom is -0.104 e. The van der Waals surface area contributed by atoms with E-state index >= 15 is 0 Å². The third kappa shape index (κ3) is 3.27. The van der Waals surface area contributed by atoms with E-state index in [4.69, 9.17) is 11.6 Å². The molecule has 1 heteroatoms. The summed E-state index contributed by atoms with van der Waals surface area (Å²) in [7, 11) is 0. The smallest absolute Gasteiger partial charge is 0.0441 e. The number of rotatable bonds is 2. The average molecular weight is 247 g/mol. The number of hydrogen-bond acceptors (Lipinski definition) is 0. The maximum Gasteiger partial charge on any atom is 0.0441 e. The van der Waals surface area contributed by atoms with Crippen LogP contribution in [0.5, 0.6) is 0 Å². The minimum atomic E-state index is 0.923. The Kier molecular flexibility index (Phi) is 4.51. The first-order valence-corrected chi connectivity index (χ1v) is 6.95. The maximum absolute atomic E-state index is 6.33. The van der Waals surface area contributed by atoms with E-state index < -0.39 is 0 Å². The van der Waals surface area contributed by atoms with Gasteiger partial charge in [-0.05, 0) is 54.9 Å². The van der Waals surface area contributed by atoms with Crippen molar-refractivity contribution in [2.24, 2.45) is 0 Å². The van der Waals surface area contributed by atoms with Crippen molar-refractivity contribution < 1.29 is 0 Å². The van der Waals surface area contributed by atoms with Crippen molar-refractivity contribution in [2.45, 2.75) is 51.9 Å². The Balaban J connectivity index is 2.11. The summed E-state index contributed by atoms with van der Waals surface area (Å²) in [5, 5.41) is 0.934. The van der Waals surface area contributed by atoms with Gasteiger partial charge in [-0.15, -0.1) is 11.8 Å². The minimum absolute atomic E-state index is 0.923. The van der Waals surface area contributed by atoms with Gasteiger partial charge in [0.05, 0.1) is 0 Å². The first-order valence-electron chi connectivity index (χ1n) is 6.57. The Morgan fingerprint density at radius 2 is 1.82 bits per heavy atom. The largest absolute Gasteiger partial charge is 0.104 e. The summed E-state index contributed by atoms with van der Waals surface area (Å²) in [6.45, 7) is 2.08. The molecule has 0 atom stereocenters. The van der Waals surface area contributed by atoms with Gasteiger partial charge in [-0.2, -0.15) is 0 Å². The van der Waals surface area contributed by atoms with E-state index in [1.54, 1.807) is 0 Å². The first kappa shape index (κ1) is 12.5. The third-order valence-electron chi connectivity index (χ3n) is 3.33. The van der Waals surface area contributed by atoms with E-state index in [0.29, 0.717) is 0 Å². The first-order chi connectivity index (χ1) is 8.31. The molecule has 0 N–H and O–H groups in total. The number of halogens is 1. The zero-order valence-electron chi connectivity index (χ0n) is 10.5. The maximum atomic E-state index is 6.33. The Bertz CT molecular complexity index is 449. The SMILES string of the molecule is CCC#CCCc1cc2c(cc1Cl)CCCC2. The van der Waals surface area contributed by atoms with Gasteiger partial charge in [-0.1, -0.05) is 24.6 Å². The fourth-order valence-electron chi connectivity index (χ4n) is 2.41. The van der Waals surface area contributed by atoms with Gasteiger partial charge in [0, 0.05) is 17.9 Å². The van der Waals surface area contributed by atoms with Gasteiger partial charge >= 0.3 is 0 Å². The van der Waals surface area contributed by atoms with Gasteiger partial charge in [0.15, 0.2) is 0 Å². The van der Waals surface area contributed by atoms with Crippen LogP contribution in [0.2, 0.25) is 5.02 Å². The number of fused-ring (bicyclic) bond motifs is 1. The molecule has 1 aliphatic rings. The average Bonchev–Trinajstić information content (AvgIpc) is 2.35. The molecule has 90 valence electrons. The summed E-state index contributed by atoms with van der Waals surface area (Å²) in [5.41, 5.74) is 4.25. The summed E-state index contributed by atoms with van der Waals surface area (Å²) in [5.74, 6) is 6.29. The molecule has 0 nitrogen and oxygen atoms in total. The second-order valence-electron chi connectivity index (χ2n) is 4.63. The van der Waals surface area contributed by atoms with Crippen LogP contribution < -0.4 is 0 Å². The van der Waals surface area contributed by atoms with E-state index in [9.17, 15) is 0 Å². The van der Waals surface area contributed by atoms with E-state index in [-0.39, 0.29) is 0 Å². The molecular formula is C16H19Cl. The molecule has 0 fully saturated rings. The van der Waals surface area contributed by atoms with Gasteiger partial charge < -0.3 is 0 Å². The molecule has 0 radical (unpaired) electrons. The Hall–Kier alpha value is -0.930. The van der Waals surface area contributed by atoms with Crippen LogP contribution in [-0.4, -0.2) is 0 Å². The fraction of sp³-hybridized carbons (Fsp3) is 0.500. The summed E-state index contributed by atoms with van der Waals surface area (Å²) in [6.07, 6.45) is 7.91. The predicted molar refractivity (Wildman–Crippen MR) is 74.5 cm³/mol. The van der Waals surface area contributed by atoms with E-state index in [0.717, 1.165) is 24.3 Å². The molecule has 0 heterocycles. The van der Waals surface area contributed by atoms with Crippen LogP contribution in [0.25, 0.3) is 0 Å². The van der Waals surface area contributed by atoms with E-state index in [2.05, 4.69) is 30.9 Å². The highest BCUT2D eigenvalue weighted by Gasteiger charge is 2.12. The molecule has 0 amide bonds. The Labute approximate surface area is 109 Å². The third-order valence-corrected chi connectivity index (χ3v) is 3.68. The van der Waals surface area contributed by atoms with Gasteiger partial charge in [0.25, 0.3) is 0 Å². The van der Waals surface area contributed by atoms with Crippen LogP contribution in [0.15, 0.2) is 12.1 Å². The van der Waals surface area contributed by atoms with Crippen molar-refractivity contribution in [3.8, 4) is 11.8 Å². The van der Waals surface area contributed by atoms with Crippen molar-refractivity contribution in [3.63, 3.8) is 0 Å². The lowest BCUT2D eigenvalue weighted by atomic mass is 9.89. The lowest BCUT2D eigenvalue weighted by Gasteiger charge is -2.17. The lowest BCUT2D eigenvalue weighted by molar-refractivity contribution is 0.684. The fourth-order valence-corrected chi connectivity index (χ4v) is 2.69. The standard InChI is InChI=1S/C16H19Cl/c1-2-3-4-5-10-15-11-13-8-6-7-9-14(13)12-16(15)17/h11-12H,2,5-10H2,1H3. The zero-order valence-corrected chi connectivity index (χ0v) is 11.2. The van der Waals surface area contributed by atoms with Gasteiger partial charge in [-0.3, -0.25) is 0 Å². The highest BCUT2D eigenvalue weighted by molar-refractivity contribution is 6.31. The van der Waals surface area contributed by atoms with Crippen molar-refractivity contribution >= 4 is 11.6 Å². The van der Waals surface area contributed by atoms with Gasteiger partial charge in [-0.25, -0.2) is 0 Å². The molecule has 0 saturated carbocycles. The highest BCUT2D eigenvalue weighted by Crippen LogP contribution is 2.28.